The molecule has 1 heterocycles. The Balaban J connectivity index is 2.63. The van der Waals surface area contributed by atoms with Crippen molar-refractivity contribution in [1.29, 1.82) is 0 Å². The summed E-state index contributed by atoms with van der Waals surface area (Å²) >= 11 is 0. The van der Waals surface area contributed by atoms with Gasteiger partial charge in [0.05, 0.1) is 5.56 Å². The molecule has 2 nitrogen and oxygen atoms in total. The fourth-order valence-electron chi connectivity index (χ4n) is 1.89. The van der Waals surface area contributed by atoms with Crippen LogP contribution in [0.25, 0.3) is 11.3 Å². The molecule has 19 heavy (non-hydrogen) atoms. The largest absolute Gasteiger partial charge is 0.269 e. The van der Waals surface area contributed by atoms with Gasteiger partial charge in [0, 0.05) is 17.8 Å². The number of aryl methyl sites for hydroxylation is 1. The number of nitrogens with zero attached hydrogens (tertiary/aromatic N) is 2. The predicted octanol–water partition coefficient (Wildman–Crippen LogP) is 4.52. The van der Waals surface area contributed by atoms with E-state index in [0.29, 0.717) is 5.56 Å². The second-order valence-corrected chi connectivity index (χ2v) is 4.77. The Morgan fingerprint density at radius 3 is 2.47 bits per heavy atom. The maximum absolute atomic E-state index is 13.3. The lowest BCUT2D eigenvalue weighted by Crippen LogP contribution is -2.01. The van der Waals surface area contributed by atoms with Crippen LogP contribution in [0.4, 0.5) is 13.2 Å². The molecule has 0 atom stereocenters. The molecule has 102 valence electrons. The standard InChI is InChI=1S/C14H15F3N2/c1-8(2)19-7-12(14(16)17)13(18-19)11-6-10(15)5-4-9(11)3/h4-8,14H,1-3H3. The summed E-state index contributed by atoms with van der Waals surface area (Å²) in [7, 11) is 0. The molecular weight excluding hydrogens is 253 g/mol. The van der Waals surface area contributed by atoms with Crippen LogP contribution in [0, 0.1) is 12.7 Å². The van der Waals surface area contributed by atoms with Crippen LogP contribution in [0.1, 0.15) is 37.4 Å². The molecule has 0 N–H and O–H groups in total. The Kier molecular flexibility index (Phi) is 3.64. The van der Waals surface area contributed by atoms with E-state index < -0.39 is 12.2 Å². The summed E-state index contributed by atoms with van der Waals surface area (Å²) in [5, 5.41) is 4.17. The number of hydrogen-bond acceptors (Lipinski definition) is 1. The lowest BCUT2D eigenvalue weighted by molar-refractivity contribution is 0.152. The van der Waals surface area contributed by atoms with Gasteiger partial charge in [0.2, 0.25) is 0 Å². The topological polar surface area (TPSA) is 17.8 Å². The molecule has 0 saturated heterocycles. The van der Waals surface area contributed by atoms with E-state index in [-0.39, 0.29) is 17.3 Å². The van der Waals surface area contributed by atoms with Gasteiger partial charge in [-0.3, -0.25) is 4.68 Å². The second kappa shape index (κ2) is 5.07. The maximum atomic E-state index is 13.3. The molecule has 0 radical (unpaired) electrons. The molecule has 0 spiro atoms. The van der Waals surface area contributed by atoms with Gasteiger partial charge >= 0.3 is 0 Å². The van der Waals surface area contributed by atoms with Crippen LogP contribution >= 0.6 is 0 Å². The van der Waals surface area contributed by atoms with Gasteiger partial charge < -0.3 is 0 Å². The molecule has 0 aliphatic carbocycles. The quantitative estimate of drug-likeness (QED) is 0.800. The van der Waals surface area contributed by atoms with Gasteiger partial charge in [0.25, 0.3) is 6.43 Å². The van der Waals surface area contributed by atoms with E-state index in [9.17, 15) is 13.2 Å². The first-order valence-corrected chi connectivity index (χ1v) is 6.04. The van der Waals surface area contributed by atoms with E-state index >= 15 is 0 Å². The van der Waals surface area contributed by atoms with E-state index in [1.165, 1.54) is 23.0 Å². The van der Waals surface area contributed by atoms with Gasteiger partial charge in [-0.15, -0.1) is 0 Å². The van der Waals surface area contributed by atoms with E-state index in [0.717, 1.165) is 5.56 Å². The summed E-state index contributed by atoms with van der Waals surface area (Å²) in [4.78, 5) is 0. The SMILES string of the molecule is Cc1ccc(F)cc1-c1nn(C(C)C)cc1C(F)F. The number of halogens is 3. The van der Waals surface area contributed by atoms with Crippen molar-refractivity contribution in [3.63, 3.8) is 0 Å². The molecule has 1 aromatic carbocycles. The van der Waals surface area contributed by atoms with E-state index in [2.05, 4.69) is 5.10 Å². The number of benzene rings is 1. The van der Waals surface area contributed by atoms with Crippen molar-refractivity contribution in [3.8, 4) is 11.3 Å². The molecule has 1 aromatic heterocycles. The molecule has 0 unspecified atom stereocenters. The molecule has 5 heteroatoms. The van der Waals surface area contributed by atoms with Crippen LogP contribution in [-0.2, 0) is 0 Å². The third-order valence-corrected chi connectivity index (χ3v) is 2.98. The minimum absolute atomic E-state index is 0.0277. The second-order valence-electron chi connectivity index (χ2n) is 4.77. The summed E-state index contributed by atoms with van der Waals surface area (Å²) in [6, 6.07) is 4.09. The van der Waals surface area contributed by atoms with Gasteiger partial charge in [0.15, 0.2) is 0 Å². The minimum atomic E-state index is -2.63. The smallest absolute Gasteiger partial charge is 0.267 e. The highest BCUT2D eigenvalue weighted by atomic mass is 19.3. The number of aromatic nitrogens is 2. The minimum Gasteiger partial charge on any atom is -0.269 e. The molecule has 2 rings (SSSR count). The molecule has 0 amide bonds. The van der Waals surface area contributed by atoms with Gasteiger partial charge in [-0.2, -0.15) is 5.10 Å². The summed E-state index contributed by atoms with van der Waals surface area (Å²) in [5.74, 6) is -0.458. The average molecular weight is 268 g/mol. The predicted molar refractivity (Wildman–Crippen MR) is 67.7 cm³/mol. The van der Waals surface area contributed by atoms with Crippen molar-refractivity contribution < 1.29 is 13.2 Å². The Bertz CT molecular complexity index is 588. The number of rotatable bonds is 3. The normalized spacial score (nSPS) is 11.6. The number of hydrogen-bond donors (Lipinski definition) is 0. The monoisotopic (exact) mass is 268 g/mol. The van der Waals surface area contributed by atoms with Crippen LogP contribution in [0.5, 0.6) is 0 Å². The summed E-state index contributed by atoms with van der Waals surface area (Å²) in [6.45, 7) is 5.45. The summed E-state index contributed by atoms with van der Waals surface area (Å²) < 4.78 is 40.9. The van der Waals surface area contributed by atoms with Crippen molar-refractivity contribution in [2.24, 2.45) is 0 Å². The third kappa shape index (κ3) is 2.64. The van der Waals surface area contributed by atoms with Crippen molar-refractivity contribution in [2.45, 2.75) is 33.2 Å². The first-order chi connectivity index (χ1) is 8.90. The Labute approximate surface area is 109 Å². The zero-order chi connectivity index (χ0) is 14.2. The third-order valence-electron chi connectivity index (χ3n) is 2.98. The van der Waals surface area contributed by atoms with Crippen molar-refractivity contribution in [1.82, 2.24) is 9.78 Å². The lowest BCUT2D eigenvalue weighted by atomic mass is 10.0. The Morgan fingerprint density at radius 1 is 1.21 bits per heavy atom. The zero-order valence-electron chi connectivity index (χ0n) is 11.0. The maximum Gasteiger partial charge on any atom is 0.267 e. The molecule has 0 aliphatic rings. The first-order valence-electron chi connectivity index (χ1n) is 6.04. The van der Waals surface area contributed by atoms with E-state index in [4.69, 9.17) is 0 Å². The highest BCUT2D eigenvalue weighted by molar-refractivity contribution is 5.66. The first kappa shape index (κ1) is 13.6. The van der Waals surface area contributed by atoms with Crippen molar-refractivity contribution in [3.05, 3.63) is 41.3 Å². The zero-order valence-corrected chi connectivity index (χ0v) is 11.0. The lowest BCUT2D eigenvalue weighted by Gasteiger charge is -2.06. The van der Waals surface area contributed by atoms with E-state index in [1.807, 2.05) is 13.8 Å². The number of alkyl halides is 2. The molecule has 0 saturated carbocycles. The Hall–Kier alpha value is -1.78. The van der Waals surface area contributed by atoms with Gasteiger partial charge in [-0.05, 0) is 38.5 Å². The fourth-order valence-corrected chi connectivity index (χ4v) is 1.89. The molecule has 0 aliphatic heterocycles. The van der Waals surface area contributed by atoms with Gasteiger partial charge in [-0.1, -0.05) is 6.07 Å². The van der Waals surface area contributed by atoms with Gasteiger partial charge in [-0.25, -0.2) is 13.2 Å². The highest BCUT2D eigenvalue weighted by Gasteiger charge is 2.21. The van der Waals surface area contributed by atoms with Crippen LogP contribution in [0.15, 0.2) is 24.4 Å². The van der Waals surface area contributed by atoms with Crippen molar-refractivity contribution in [2.75, 3.05) is 0 Å². The molecule has 2 aromatic rings. The summed E-state index contributed by atoms with van der Waals surface area (Å²) in [6.07, 6.45) is -1.31. The van der Waals surface area contributed by atoms with Crippen LogP contribution < -0.4 is 0 Å². The van der Waals surface area contributed by atoms with E-state index in [1.54, 1.807) is 13.0 Å². The van der Waals surface area contributed by atoms with Crippen LogP contribution in [0.2, 0.25) is 0 Å². The van der Waals surface area contributed by atoms with Gasteiger partial charge in [0.1, 0.15) is 11.5 Å². The highest BCUT2D eigenvalue weighted by Crippen LogP contribution is 2.33. The van der Waals surface area contributed by atoms with Crippen LogP contribution in [0.3, 0.4) is 0 Å². The molecule has 0 bridgehead atoms. The van der Waals surface area contributed by atoms with Crippen molar-refractivity contribution >= 4 is 0 Å². The fraction of sp³-hybridized carbons (Fsp3) is 0.357. The summed E-state index contributed by atoms with van der Waals surface area (Å²) in [5.41, 5.74) is 1.12. The molecule has 0 fully saturated rings. The van der Waals surface area contributed by atoms with Crippen LogP contribution in [-0.4, -0.2) is 9.78 Å². The molecular formula is C14H15F3N2. The average Bonchev–Trinajstić information content (AvgIpc) is 2.77. The Morgan fingerprint density at radius 2 is 1.89 bits per heavy atom.